The lowest BCUT2D eigenvalue weighted by Crippen LogP contribution is -2.57. The molecule has 0 unspecified atom stereocenters. The van der Waals surface area contributed by atoms with Gasteiger partial charge in [0.05, 0.1) is 5.52 Å². The van der Waals surface area contributed by atoms with Gasteiger partial charge in [-0.15, -0.1) is 0 Å². The van der Waals surface area contributed by atoms with Crippen LogP contribution in [0.25, 0.3) is 10.9 Å². The molecule has 1 aromatic carbocycles. The van der Waals surface area contributed by atoms with Crippen molar-refractivity contribution in [3.63, 3.8) is 0 Å². The summed E-state index contributed by atoms with van der Waals surface area (Å²) >= 11 is 0. The number of rotatable bonds is 3. The molecule has 2 aliphatic rings. The number of carbonyl (C=O) groups is 1. The normalized spacial score (nSPS) is 24.3. The quantitative estimate of drug-likeness (QED) is 0.938. The van der Waals surface area contributed by atoms with Crippen molar-refractivity contribution in [1.29, 1.82) is 0 Å². The smallest absolute Gasteiger partial charge is 0.222 e. The maximum atomic E-state index is 12.2. The van der Waals surface area contributed by atoms with Crippen molar-refractivity contribution in [1.82, 2.24) is 9.88 Å². The molecule has 2 N–H and O–H groups in total. The number of para-hydroxylation sites is 1. The molecule has 0 bridgehead atoms. The molecule has 2 saturated heterocycles. The Labute approximate surface area is 142 Å². The summed E-state index contributed by atoms with van der Waals surface area (Å²) in [5, 5.41) is 1.17. The molecule has 0 saturated carbocycles. The van der Waals surface area contributed by atoms with Crippen LogP contribution in [-0.4, -0.2) is 48.0 Å². The Morgan fingerprint density at radius 3 is 2.92 bits per heavy atom. The van der Waals surface area contributed by atoms with Crippen LogP contribution in [0.4, 0.5) is 5.82 Å². The van der Waals surface area contributed by atoms with Crippen LogP contribution < -0.4 is 10.6 Å². The molecule has 2 fully saturated rings. The molecule has 2 aliphatic heterocycles. The van der Waals surface area contributed by atoms with Crippen LogP contribution in [0.1, 0.15) is 19.3 Å². The van der Waals surface area contributed by atoms with E-state index in [1.807, 2.05) is 17.0 Å². The highest BCUT2D eigenvalue weighted by Crippen LogP contribution is 2.33. The van der Waals surface area contributed by atoms with Gasteiger partial charge in [-0.3, -0.25) is 4.79 Å². The molecule has 5 nitrogen and oxygen atoms in total. The largest absolute Gasteiger partial charge is 0.356 e. The van der Waals surface area contributed by atoms with Gasteiger partial charge in [0, 0.05) is 44.0 Å². The van der Waals surface area contributed by atoms with Crippen LogP contribution in [0.2, 0.25) is 0 Å². The number of anilines is 1. The lowest BCUT2D eigenvalue weighted by atomic mass is 9.83. The minimum absolute atomic E-state index is 0.277. The van der Waals surface area contributed by atoms with E-state index in [9.17, 15) is 4.79 Å². The van der Waals surface area contributed by atoms with Gasteiger partial charge >= 0.3 is 0 Å². The fourth-order valence-corrected chi connectivity index (χ4v) is 4.22. The maximum absolute atomic E-state index is 12.2. The number of nitrogens with two attached hydrogens (primary N) is 1. The highest BCUT2D eigenvalue weighted by atomic mass is 16.2. The number of piperidine rings is 2. The molecule has 0 spiro atoms. The molecule has 5 heteroatoms. The molecule has 1 aromatic heterocycles. The molecule has 2 atom stereocenters. The summed E-state index contributed by atoms with van der Waals surface area (Å²) in [6, 6.07) is 12.8. The van der Waals surface area contributed by atoms with Crippen LogP contribution in [0.15, 0.2) is 36.4 Å². The number of hydrogen-bond donors (Lipinski definition) is 1. The van der Waals surface area contributed by atoms with Gasteiger partial charge in [0.1, 0.15) is 5.82 Å². The van der Waals surface area contributed by atoms with Gasteiger partial charge in [-0.2, -0.15) is 0 Å². The van der Waals surface area contributed by atoms with Crippen molar-refractivity contribution in [2.75, 3.05) is 31.1 Å². The molecule has 0 radical (unpaired) electrons. The molecule has 0 aliphatic carbocycles. The van der Waals surface area contributed by atoms with Gasteiger partial charge in [0.25, 0.3) is 0 Å². The minimum Gasteiger partial charge on any atom is -0.356 e. The number of nitrogens with zero attached hydrogens (tertiary/aromatic N) is 3. The number of fused-ring (bicyclic) bond motifs is 2. The zero-order chi connectivity index (χ0) is 16.5. The van der Waals surface area contributed by atoms with Crippen LogP contribution >= 0.6 is 0 Å². The van der Waals surface area contributed by atoms with Gasteiger partial charge < -0.3 is 15.5 Å². The minimum atomic E-state index is 0.277. The first-order chi connectivity index (χ1) is 11.8. The van der Waals surface area contributed by atoms with Crippen molar-refractivity contribution < 1.29 is 4.79 Å². The van der Waals surface area contributed by atoms with E-state index in [1.54, 1.807) is 0 Å². The van der Waals surface area contributed by atoms with E-state index in [0.717, 1.165) is 37.3 Å². The summed E-state index contributed by atoms with van der Waals surface area (Å²) < 4.78 is 0. The highest BCUT2D eigenvalue weighted by Gasteiger charge is 2.39. The second-order valence-corrected chi connectivity index (χ2v) is 6.84. The number of carbonyl (C=O) groups excluding carboxylic acids is 1. The summed E-state index contributed by atoms with van der Waals surface area (Å²) in [4.78, 5) is 21.4. The third-order valence-corrected chi connectivity index (χ3v) is 5.42. The third kappa shape index (κ3) is 2.73. The fourth-order valence-electron chi connectivity index (χ4n) is 4.22. The van der Waals surface area contributed by atoms with Crippen LogP contribution in [0.3, 0.4) is 0 Å². The van der Waals surface area contributed by atoms with Crippen LogP contribution in [-0.2, 0) is 4.79 Å². The standard InChI is InChI=1S/C19H24N4O/c20-10-12-23-17-9-11-22(13-15(17)6-8-19(23)24)18-7-5-14-3-1-2-4-16(14)21-18/h1-5,7,15,17H,6,8-13,20H2/t15-,17+/m0/s1. The Morgan fingerprint density at radius 2 is 2.04 bits per heavy atom. The van der Waals surface area contributed by atoms with E-state index in [-0.39, 0.29) is 5.91 Å². The molecule has 24 heavy (non-hydrogen) atoms. The first-order valence-corrected chi connectivity index (χ1v) is 8.86. The average Bonchev–Trinajstić information content (AvgIpc) is 2.63. The highest BCUT2D eigenvalue weighted by molar-refractivity contribution is 5.80. The van der Waals surface area contributed by atoms with Gasteiger partial charge in [0.2, 0.25) is 5.91 Å². The molecule has 3 heterocycles. The summed E-state index contributed by atoms with van der Waals surface area (Å²) in [6.45, 7) is 3.16. The third-order valence-electron chi connectivity index (χ3n) is 5.42. The number of pyridine rings is 1. The number of benzene rings is 1. The Bertz CT molecular complexity index is 747. The summed E-state index contributed by atoms with van der Waals surface area (Å²) in [5.74, 6) is 1.85. The fraction of sp³-hybridized carbons (Fsp3) is 0.474. The predicted molar refractivity (Wildman–Crippen MR) is 95.9 cm³/mol. The zero-order valence-corrected chi connectivity index (χ0v) is 13.9. The van der Waals surface area contributed by atoms with Crippen LogP contribution in [0, 0.1) is 5.92 Å². The molecular weight excluding hydrogens is 300 g/mol. The predicted octanol–water partition coefficient (Wildman–Crippen LogP) is 2.01. The van der Waals surface area contributed by atoms with Crippen molar-refractivity contribution in [3.05, 3.63) is 36.4 Å². The van der Waals surface area contributed by atoms with Crippen molar-refractivity contribution in [2.45, 2.75) is 25.3 Å². The number of likely N-dealkylation sites (tertiary alicyclic amines) is 1. The van der Waals surface area contributed by atoms with E-state index < -0.39 is 0 Å². The van der Waals surface area contributed by atoms with E-state index in [2.05, 4.69) is 29.2 Å². The van der Waals surface area contributed by atoms with E-state index in [1.165, 1.54) is 5.39 Å². The first-order valence-electron chi connectivity index (χ1n) is 8.86. The average molecular weight is 324 g/mol. The zero-order valence-electron chi connectivity index (χ0n) is 13.9. The summed E-state index contributed by atoms with van der Waals surface area (Å²) in [6.07, 6.45) is 2.64. The van der Waals surface area contributed by atoms with Gasteiger partial charge in [0.15, 0.2) is 0 Å². The SMILES string of the molecule is NCCN1C(=O)CC[C@H]2CN(c3ccc4ccccc4n3)CC[C@H]21. The first kappa shape index (κ1) is 15.4. The lowest BCUT2D eigenvalue weighted by molar-refractivity contribution is -0.139. The van der Waals surface area contributed by atoms with Crippen molar-refractivity contribution in [3.8, 4) is 0 Å². The summed E-state index contributed by atoms with van der Waals surface area (Å²) in [5.41, 5.74) is 6.74. The number of hydrogen-bond acceptors (Lipinski definition) is 4. The van der Waals surface area contributed by atoms with E-state index >= 15 is 0 Å². The maximum Gasteiger partial charge on any atom is 0.222 e. The molecular formula is C19H24N4O. The van der Waals surface area contributed by atoms with Crippen molar-refractivity contribution in [2.24, 2.45) is 11.7 Å². The van der Waals surface area contributed by atoms with Gasteiger partial charge in [-0.1, -0.05) is 18.2 Å². The molecule has 2 aromatic rings. The number of amides is 1. The van der Waals surface area contributed by atoms with Gasteiger partial charge in [-0.05, 0) is 37.0 Å². The van der Waals surface area contributed by atoms with E-state index in [4.69, 9.17) is 10.7 Å². The molecule has 126 valence electrons. The number of aromatic nitrogens is 1. The molecule has 1 amide bonds. The summed E-state index contributed by atoms with van der Waals surface area (Å²) in [7, 11) is 0. The Kier molecular flexibility index (Phi) is 4.10. The second-order valence-electron chi connectivity index (χ2n) is 6.84. The Hall–Kier alpha value is -2.14. The Morgan fingerprint density at radius 1 is 1.17 bits per heavy atom. The molecule has 4 rings (SSSR count). The van der Waals surface area contributed by atoms with Crippen molar-refractivity contribution >= 4 is 22.6 Å². The topological polar surface area (TPSA) is 62.5 Å². The monoisotopic (exact) mass is 324 g/mol. The second kappa shape index (κ2) is 6.40. The lowest BCUT2D eigenvalue weighted by Gasteiger charge is -2.47. The van der Waals surface area contributed by atoms with Crippen LogP contribution in [0.5, 0.6) is 0 Å². The van der Waals surface area contributed by atoms with E-state index in [0.29, 0.717) is 31.5 Å². The van der Waals surface area contributed by atoms with Gasteiger partial charge in [-0.25, -0.2) is 4.98 Å². The Balaban J connectivity index is 1.54.